The molecule has 0 bridgehead atoms. The maximum atomic E-state index is 12.3. The monoisotopic (exact) mass is 389 g/mol. The van der Waals surface area contributed by atoms with Gasteiger partial charge in [-0.1, -0.05) is 0 Å². The normalized spacial score (nSPS) is 18.5. The maximum absolute atomic E-state index is 12.3. The number of carbonyl (C=O) groups is 2. The van der Waals surface area contributed by atoms with Crippen LogP contribution in [0.5, 0.6) is 0 Å². The molecule has 9 nitrogen and oxygen atoms in total. The van der Waals surface area contributed by atoms with Crippen molar-refractivity contribution in [2.75, 3.05) is 19.6 Å². The van der Waals surface area contributed by atoms with E-state index in [-0.39, 0.29) is 17.8 Å². The van der Waals surface area contributed by atoms with Crippen LogP contribution in [0.15, 0.2) is 12.1 Å². The highest BCUT2D eigenvalue weighted by atomic mass is 16.6. The van der Waals surface area contributed by atoms with E-state index < -0.39 is 11.6 Å². The molecule has 152 valence electrons. The van der Waals surface area contributed by atoms with Crippen LogP contribution >= 0.6 is 0 Å². The summed E-state index contributed by atoms with van der Waals surface area (Å²) in [6, 6.07) is 3.28. The molecule has 3 rings (SSSR count). The molecule has 1 aliphatic heterocycles. The average molecular weight is 389 g/mol. The number of aromatic nitrogens is 3. The fraction of sp³-hybridized carbons (Fsp3) is 0.579. The van der Waals surface area contributed by atoms with Gasteiger partial charge >= 0.3 is 12.1 Å². The van der Waals surface area contributed by atoms with Gasteiger partial charge in [-0.05, 0) is 39.8 Å². The molecule has 1 amide bonds. The van der Waals surface area contributed by atoms with Crippen LogP contribution in [0.2, 0.25) is 0 Å². The Balaban J connectivity index is 1.70. The minimum absolute atomic E-state index is 0.00129. The highest BCUT2D eigenvalue weighted by Gasteiger charge is 2.30. The Morgan fingerprint density at radius 2 is 1.96 bits per heavy atom. The van der Waals surface area contributed by atoms with Gasteiger partial charge in [0.05, 0.1) is 6.54 Å². The van der Waals surface area contributed by atoms with Crippen LogP contribution in [-0.2, 0) is 18.3 Å². The van der Waals surface area contributed by atoms with Crippen LogP contribution < -0.4 is 0 Å². The molecule has 1 atom stereocenters. The van der Waals surface area contributed by atoms with Gasteiger partial charge in [-0.3, -0.25) is 4.90 Å². The van der Waals surface area contributed by atoms with E-state index in [9.17, 15) is 9.59 Å². The number of carbonyl (C=O) groups excluding carboxylic acids is 1. The summed E-state index contributed by atoms with van der Waals surface area (Å²) in [5.41, 5.74) is 0.714. The molecule has 0 radical (unpaired) electrons. The summed E-state index contributed by atoms with van der Waals surface area (Å²) in [4.78, 5) is 36.2. The molecule has 2 aromatic heterocycles. The molecule has 0 aliphatic carbocycles. The van der Waals surface area contributed by atoms with Crippen molar-refractivity contribution in [3.05, 3.63) is 23.7 Å². The zero-order chi connectivity index (χ0) is 20.6. The van der Waals surface area contributed by atoms with Crippen LogP contribution in [0, 0.1) is 0 Å². The van der Waals surface area contributed by atoms with Crippen molar-refractivity contribution >= 4 is 23.2 Å². The molecule has 0 saturated carbocycles. The van der Waals surface area contributed by atoms with Crippen LogP contribution in [-0.4, -0.2) is 72.8 Å². The van der Waals surface area contributed by atoms with Crippen molar-refractivity contribution in [2.45, 2.75) is 45.9 Å². The van der Waals surface area contributed by atoms with Gasteiger partial charge in [-0.25, -0.2) is 19.6 Å². The number of aryl methyl sites for hydroxylation is 1. The summed E-state index contributed by atoms with van der Waals surface area (Å²) < 4.78 is 7.29. The third kappa shape index (κ3) is 4.24. The second-order valence-electron chi connectivity index (χ2n) is 8.18. The molecule has 9 heteroatoms. The molecule has 1 aliphatic rings. The van der Waals surface area contributed by atoms with Crippen molar-refractivity contribution < 1.29 is 19.4 Å². The second-order valence-corrected chi connectivity index (χ2v) is 8.18. The highest BCUT2D eigenvalue weighted by Crippen LogP contribution is 2.19. The Morgan fingerprint density at radius 1 is 1.25 bits per heavy atom. The Labute approximate surface area is 163 Å². The van der Waals surface area contributed by atoms with E-state index in [1.54, 1.807) is 11.0 Å². The fourth-order valence-electron chi connectivity index (χ4n) is 3.28. The number of aromatic carboxylic acids is 1. The second kappa shape index (κ2) is 7.38. The number of pyridine rings is 1. The summed E-state index contributed by atoms with van der Waals surface area (Å²) in [5.74, 6) is -0.251. The number of piperazine rings is 1. The molecule has 1 saturated heterocycles. The van der Waals surface area contributed by atoms with Crippen LogP contribution in [0.3, 0.4) is 0 Å². The number of imidazole rings is 1. The molecule has 1 fully saturated rings. The van der Waals surface area contributed by atoms with E-state index in [1.807, 2.05) is 32.4 Å². The molecule has 2 aromatic rings. The number of ether oxygens (including phenoxy) is 1. The van der Waals surface area contributed by atoms with Crippen molar-refractivity contribution in [3.8, 4) is 0 Å². The summed E-state index contributed by atoms with van der Waals surface area (Å²) >= 11 is 0. The lowest BCUT2D eigenvalue weighted by Gasteiger charge is -2.39. The number of nitrogens with zero attached hydrogens (tertiary/aromatic N) is 5. The third-order valence-electron chi connectivity index (χ3n) is 4.79. The Bertz CT molecular complexity index is 902. The van der Waals surface area contributed by atoms with E-state index >= 15 is 0 Å². The van der Waals surface area contributed by atoms with Gasteiger partial charge in [0.2, 0.25) is 0 Å². The Kier molecular flexibility index (Phi) is 5.29. The third-order valence-corrected chi connectivity index (χ3v) is 4.79. The maximum Gasteiger partial charge on any atom is 0.410 e. The summed E-state index contributed by atoms with van der Waals surface area (Å²) in [5, 5.41) is 9.14. The SMILES string of the molecule is C[C@H]1CN(C(=O)OC(C)(C)C)CCN1Cc1nc2ccc(C(=O)O)nc2n1C. The largest absolute Gasteiger partial charge is 0.477 e. The van der Waals surface area contributed by atoms with Crippen LogP contribution in [0.1, 0.15) is 44.0 Å². The van der Waals surface area contributed by atoms with Gasteiger partial charge in [-0.2, -0.15) is 0 Å². The molecule has 0 spiro atoms. The van der Waals surface area contributed by atoms with Gasteiger partial charge in [0, 0.05) is 32.7 Å². The molecular formula is C19H27N5O4. The van der Waals surface area contributed by atoms with E-state index in [2.05, 4.69) is 21.8 Å². The van der Waals surface area contributed by atoms with Gasteiger partial charge in [0.15, 0.2) is 11.3 Å². The van der Waals surface area contributed by atoms with Gasteiger partial charge in [0.25, 0.3) is 0 Å². The first-order chi connectivity index (χ1) is 13.0. The molecule has 0 aromatic carbocycles. The minimum atomic E-state index is -1.06. The van der Waals surface area contributed by atoms with E-state index in [0.717, 1.165) is 5.82 Å². The van der Waals surface area contributed by atoms with E-state index in [4.69, 9.17) is 9.84 Å². The predicted octanol–water partition coefficient (Wildman–Crippen LogP) is 2.11. The lowest BCUT2D eigenvalue weighted by atomic mass is 10.2. The molecule has 28 heavy (non-hydrogen) atoms. The lowest BCUT2D eigenvalue weighted by Crippen LogP contribution is -2.54. The van der Waals surface area contributed by atoms with Crippen molar-refractivity contribution in [1.29, 1.82) is 0 Å². The summed E-state index contributed by atoms with van der Waals surface area (Å²) in [6.07, 6.45) is -0.285. The van der Waals surface area contributed by atoms with Gasteiger partial charge in [0.1, 0.15) is 16.9 Å². The predicted molar refractivity (Wildman–Crippen MR) is 103 cm³/mol. The zero-order valence-corrected chi connectivity index (χ0v) is 17.0. The molecule has 0 unspecified atom stereocenters. The number of carboxylic acid groups (broad SMARTS) is 1. The average Bonchev–Trinajstić information content (AvgIpc) is 2.90. The van der Waals surface area contributed by atoms with Crippen molar-refractivity contribution in [2.24, 2.45) is 7.05 Å². The van der Waals surface area contributed by atoms with E-state index in [0.29, 0.717) is 37.3 Å². The Morgan fingerprint density at radius 3 is 2.57 bits per heavy atom. The number of hydrogen-bond acceptors (Lipinski definition) is 6. The zero-order valence-electron chi connectivity index (χ0n) is 17.0. The van der Waals surface area contributed by atoms with Crippen LogP contribution in [0.25, 0.3) is 11.2 Å². The lowest BCUT2D eigenvalue weighted by molar-refractivity contribution is 0.00416. The van der Waals surface area contributed by atoms with Crippen molar-refractivity contribution in [3.63, 3.8) is 0 Å². The first-order valence-corrected chi connectivity index (χ1v) is 9.33. The smallest absolute Gasteiger partial charge is 0.410 e. The number of hydrogen-bond donors (Lipinski definition) is 1. The number of rotatable bonds is 3. The number of carboxylic acids is 1. The van der Waals surface area contributed by atoms with Crippen molar-refractivity contribution in [1.82, 2.24) is 24.3 Å². The summed E-state index contributed by atoms with van der Waals surface area (Å²) in [6.45, 7) is 10.1. The molecule has 3 heterocycles. The minimum Gasteiger partial charge on any atom is -0.477 e. The number of fused-ring (bicyclic) bond motifs is 1. The molecule has 1 N–H and O–H groups in total. The Hall–Kier alpha value is -2.68. The van der Waals surface area contributed by atoms with Gasteiger partial charge in [-0.15, -0.1) is 0 Å². The van der Waals surface area contributed by atoms with Gasteiger partial charge < -0.3 is 19.3 Å². The first kappa shape index (κ1) is 20.1. The quantitative estimate of drug-likeness (QED) is 0.858. The van der Waals surface area contributed by atoms with E-state index in [1.165, 1.54) is 6.07 Å². The molecular weight excluding hydrogens is 362 g/mol. The summed E-state index contributed by atoms with van der Waals surface area (Å²) in [7, 11) is 1.84. The topological polar surface area (TPSA) is 101 Å². The highest BCUT2D eigenvalue weighted by molar-refractivity contribution is 5.88. The first-order valence-electron chi connectivity index (χ1n) is 9.33. The van der Waals surface area contributed by atoms with Crippen LogP contribution in [0.4, 0.5) is 4.79 Å². The standard InChI is InChI=1S/C19H27N5O4/c1-12-10-24(18(27)28-19(2,3)4)9-8-23(12)11-15-20-13-6-7-14(17(25)26)21-16(13)22(15)5/h6-7,12H,8-11H2,1-5H3,(H,25,26)/t12-/m0/s1. The number of amides is 1. The fourth-order valence-corrected chi connectivity index (χ4v) is 3.28.